The largest absolute Gasteiger partial charge is 0.279 e. The Labute approximate surface area is 82.4 Å². The van der Waals surface area contributed by atoms with Crippen molar-refractivity contribution in [3.63, 3.8) is 0 Å². The maximum atomic E-state index is 5.27. The van der Waals surface area contributed by atoms with E-state index in [9.17, 15) is 0 Å². The topological polar surface area (TPSA) is 12.5 Å². The third kappa shape index (κ3) is 1.47. The second-order valence-electron chi connectivity index (χ2n) is 2.27. The van der Waals surface area contributed by atoms with Gasteiger partial charge in [-0.1, -0.05) is 11.8 Å². The Morgan fingerprint density at radius 1 is 1.42 bits per heavy atom. The lowest BCUT2D eigenvalue weighted by atomic mass is 10.2. The van der Waals surface area contributed by atoms with E-state index >= 15 is 0 Å². The first-order valence-electron chi connectivity index (χ1n) is 3.11. The smallest absolute Gasteiger partial charge is 0.161 e. The molecule has 0 aromatic carbocycles. The van der Waals surface area contributed by atoms with Gasteiger partial charge in [0.25, 0.3) is 0 Å². The standard InChI is InChI=1S/C7H7NOS3/c1-4-6-7(5-2)9-12(10,11)8(6)3/h1-2,6-7H,3H3. The molecule has 0 spiro atoms. The fourth-order valence-corrected chi connectivity index (χ4v) is 2.96. The minimum absolute atomic E-state index is 0.278. The number of terminal acetylenes is 2. The fraction of sp³-hybridized carbons (Fsp3) is 0.429. The Balaban J connectivity index is 3.07. The molecule has 0 radical (unpaired) electrons. The van der Waals surface area contributed by atoms with Crippen molar-refractivity contribution < 1.29 is 4.18 Å². The lowest BCUT2D eigenvalue weighted by Crippen LogP contribution is -2.30. The first kappa shape index (κ1) is 9.91. The monoisotopic (exact) mass is 217 g/mol. The minimum atomic E-state index is -2.03. The molecule has 0 aromatic heterocycles. The van der Waals surface area contributed by atoms with Crippen molar-refractivity contribution in [2.75, 3.05) is 7.05 Å². The summed E-state index contributed by atoms with van der Waals surface area (Å²) in [5, 5.41) is 0. The van der Waals surface area contributed by atoms with E-state index in [0.29, 0.717) is 0 Å². The molecule has 1 fully saturated rings. The van der Waals surface area contributed by atoms with E-state index in [2.05, 4.69) is 11.8 Å². The normalized spacial score (nSPS) is 33.9. The van der Waals surface area contributed by atoms with Crippen LogP contribution in [0.5, 0.6) is 0 Å². The number of nitrogens with zero attached hydrogens (tertiary/aromatic N) is 1. The van der Waals surface area contributed by atoms with E-state index in [0.717, 1.165) is 0 Å². The quantitative estimate of drug-likeness (QED) is 0.523. The third-order valence-electron chi connectivity index (χ3n) is 1.59. The van der Waals surface area contributed by atoms with E-state index in [1.54, 1.807) is 11.4 Å². The van der Waals surface area contributed by atoms with Crippen LogP contribution in [0.2, 0.25) is 0 Å². The summed E-state index contributed by atoms with van der Waals surface area (Å²) in [4.78, 5) is 0. The second kappa shape index (κ2) is 3.29. The molecule has 0 saturated carbocycles. The summed E-state index contributed by atoms with van der Waals surface area (Å²) in [5.74, 6) is 4.95. The van der Waals surface area contributed by atoms with Crippen LogP contribution in [0, 0.1) is 24.7 Å². The average Bonchev–Trinajstić information content (AvgIpc) is 2.24. The van der Waals surface area contributed by atoms with Crippen LogP contribution in [0.15, 0.2) is 0 Å². The molecule has 0 bridgehead atoms. The summed E-state index contributed by atoms with van der Waals surface area (Å²) in [6.07, 6.45) is 10.0. The van der Waals surface area contributed by atoms with Gasteiger partial charge >= 0.3 is 0 Å². The molecule has 64 valence electrons. The van der Waals surface area contributed by atoms with Crippen LogP contribution < -0.4 is 0 Å². The van der Waals surface area contributed by atoms with Crippen molar-refractivity contribution in [3.8, 4) is 24.7 Å². The predicted octanol–water partition coefficient (Wildman–Crippen LogP) is -0.140. The van der Waals surface area contributed by atoms with Crippen LogP contribution in [-0.4, -0.2) is 23.5 Å². The van der Waals surface area contributed by atoms with E-state index in [4.69, 9.17) is 39.4 Å². The molecule has 0 aromatic rings. The first-order chi connectivity index (χ1) is 5.53. The van der Waals surface area contributed by atoms with Gasteiger partial charge in [0.2, 0.25) is 0 Å². The third-order valence-corrected chi connectivity index (χ3v) is 4.86. The fourth-order valence-electron chi connectivity index (χ4n) is 0.893. The molecule has 5 heteroatoms. The van der Waals surface area contributed by atoms with Gasteiger partial charge in [-0.3, -0.25) is 4.18 Å². The molecule has 0 amide bonds. The van der Waals surface area contributed by atoms with Gasteiger partial charge in [0, 0.05) is 7.05 Å². The number of rotatable bonds is 0. The predicted molar refractivity (Wildman–Crippen MR) is 56.2 cm³/mol. The number of likely N-dealkylation sites (N-methyl/N-ethyl adjacent to an activating group) is 1. The van der Waals surface area contributed by atoms with Gasteiger partial charge in [-0.2, -0.15) is 0 Å². The zero-order valence-electron chi connectivity index (χ0n) is 6.39. The molecule has 2 unspecified atom stereocenters. The zero-order valence-corrected chi connectivity index (χ0v) is 8.84. The molecule has 1 heterocycles. The van der Waals surface area contributed by atoms with Crippen LogP contribution in [-0.2, 0) is 34.2 Å². The lowest BCUT2D eigenvalue weighted by Gasteiger charge is -2.13. The SMILES string of the molecule is C#CC1OS(=S)(=S)N(C)C1C#C. The van der Waals surface area contributed by atoms with E-state index in [-0.39, 0.29) is 6.04 Å². The summed E-state index contributed by atoms with van der Waals surface area (Å²) < 4.78 is 6.96. The molecular weight excluding hydrogens is 210 g/mol. The van der Waals surface area contributed by atoms with Crippen LogP contribution in [0.4, 0.5) is 0 Å². The van der Waals surface area contributed by atoms with Crippen LogP contribution in [0.3, 0.4) is 0 Å². The highest BCUT2D eigenvalue weighted by Crippen LogP contribution is 2.22. The van der Waals surface area contributed by atoms with Crippen molar-refractivity contribution in [3.05, 3.63) is 0 Å². The summed E-state index contributed by atoms with van der Waals surface area (Å²) in [6, 6.07) is -0.278. The van der Waals surface area contributed by atoms with E-state index in [1.807, 2.05) is 0 Å². The van der Waals surface area contributed by atoms with Crippen molar-refractivity contribution in [1.82, 2.24) is 4.31 Å². The molecule has 1 rings (SSSR count). The van der Waals surface area contributed by atoms with Gasteiger partial charge in [0.1, 0.15) is 6.04 Å². The Morgan fingerprint density at radius 3 is 2.33 bits per heavy atom. The zero-order chi connectivity index (χ0) is 9.35. The van der Waals surface area contributed by atoms with Crippen molar-refractivity contribution >= 4 is 30.0 Å². The summed E-state index contributed by atoms with van der Waals surface area (Å²) in [6.45, 7) is 0. The summed E-state index contributed by atoms with van der Waals surface area (Å²) in [7, 11) is -0.285. The highest BCUT2D eigenvalue weighted by atomic mass is 33.1. The molecule has 12 heavy (non-hydrogen) atoms. The number of hydrogen-bond acceptors (Lipinski definition) is 3. The van der Waals surface area contributed by atoms with Gasteiger partial charge in [0.05, 0.1) is 7.61 Å². The summed E-state index contributed by atoms with van der Waals surface area (Å²) in [5.41, 5.74) is 0. The molecule has 0 N–H and O–H groups in total. The minimum Gasteiger partial charge on any atom is -0.279 e. The number of hydrogen-bond donors (Lipinski definition) is 0. The Morgan fingerprint density at radius 2 is 2.00 bits per heavy atom. The van der Waals surface area contributed by atoms with Crippen molar-refractivity contribution in [1.29, 1.82) is 0 Å². The molecule has 1 aliphatic heterocycles. The highest BCUT2D eigenvalue weighted by Gasteiger charge is 2.36. The molecule has 1 saturated heterocycles. The first-order valence-corrected chi connectivity index (χ1v) is 6.48. The van der Waals surface area contributed by atoms with Gasteiger partial charge in [-0.05, 0) is 22.4 Å². The lowest BCUT2D eigenvalue weighted by molar-refractivity contribution is 0.300. The van der Waals surface area contributed by atoms with Crippen LogP contribution >= 0.6 is 0 Å². The second-order valence-corrected chi connectivity index (χ2v) is 7.24. The van der Waals surface area contributed by atoms with Gasteiger partial charge in [-0.15, -0.1) is 12.8 Å². The van der Waals surface area contributed by atoms with Crippen molar-refractivity contribution in [2.45, 2.75) is 12.1 Å². The van der Waals surface area contributed by atoms with Gasteiger partial charge < -0.3 is 0 Å². The van der Waals surface area contributed by atoms with Gasteiger partial charge in [0.15, 0.2) is 6.10 Å². The molecule has 0 aliphatic carbocycles. The van der Waals surface area contributed by atoms with Gasteiger partial charge in [-0.25, -0.2) is 4.31 Å². The van der Waals surface area contributed by atoms with Crippen molar-refractivity contribution in [2.24, 2.45) is 0 Å². The molecule has 1 aliphatic rings. The maximum Gasteiger partial charge on any atom is 0.161 e. The molecule has 2 nitrogen and oxygen atoms in total. The Bertz CT molecular complexity index is 359. The maximum absolute atomic E-state index is 5.27. The highest BCUT2D eigenvalue weighted by molar-refractivity contribution is 8.53. The Kier molecular flexibility index (Phi) is 2.72. The van der Waals surface area contributed by atoms with E-state index in [1.165, 1.54) is 0 Å². The summed E-state index contributed by atoms with van der Waals surface area (Å²) >= 11 is 10.1. The Hall–Kier alpha value is -0.170. The average molecular weight is 217 g/mol. The van der Waals surface area contributed by atoms with Crippen LogP contribution in [0.25, 0.3) is 0 Å². The van der Waals surface area contributed by atoms with Crippen LogP contribution in [0.1, 0.15) is 0 Å². The molecule has 2 atom stereocenters. The molecular formula is C7H7NOS3. The van der Waals surface area contributed by atoms with E-state index < -0.39 is 13.7 Å².